The van der Waals surface area contributed by atoms with E-state index in [1.807, 2.05) is 0 Å². The summed E-state index contributed by atoms with van der Waals surface area (Å²) in [6.07, 6.45) is 1.95. The van der Waals surface area contributed by atoms with E-state index in [1.54, 1.807) is 0 Å². The maximum atomic E-state index is 15.4. The number of methoxy groups -OCH3 is 1. The number of carbonyl (C=O) groups excluding carboxylic acids is 1. The van der Waals surface area contributed by atoms with Gasteiger partial charge < -0.3 is 25.2 Å². The van der Waals surface area contributed by atoms with Crippen LogP contribution in [0.4, 0.5) is 4.39 Å². The quantitative estimate of drug-likeness (QED) is 0.399. The molecule has 11 heteroatoms. The van der Waals surface area contributed by atoms with E-state index in [4.69, 9.17) is 9.47 Å². The number of piperidine rings is 1. The van der Waals surface area contributed by atoms with Crippen molar-refractivity contribution in [1.82, 2.24) is 15.4 Å². The summed E-state index contributed by atoms with van der Waals surface area (Å²) in [6, 6.07) is 9.84. The van der Waals surface area contributed by atoms with Crippen molar-refractivity contribution < 1.29 is 32.2 Å². The fourth-order valence-corrected chi connectivity index (χ4v) is 7.07. The SMILES string of the molecule is COc1cccc(O)c1C(=O)NC(c1ccccc1F)(C1CCNCC1)S(=O)(=O)NCC1CCCO1. The molecule has 2 aliphatic heterocycles. The normalized spacial score (nSPS) is 20.6. The largest absolute Gasteiger partial charge is 0.507 e. The minimum absolute atomic E-state index is 0.000710. The van der Waals surface area contributed by atoms with Crippen molar-refractivity contribution in [1.29, 1.82) is 0 Å². The zero-order chi connectivity index (χ0) is 25.8. The van der Waals surface area contributed by atoms with Gasteiger partial charge in [0, 0.05) is 24.6 Å². The van der Waals surface area contributed by atoms with Crippen molar-refractivity contribution in [3.05, 3.63) is 59.4 Å². The first-order valence-corrected chi connectivity index (χ1v) is 13.5. The van der Waals surface area contributed by atoms with Gasteiger partial charge in [-0.3, -0.25) is 4.79 Å². The van der Waals surface area contributed by atoms with Gasteiger partial charge in [0.05, 0.1) is 13.2 Å². The third-order valence-corrected chi connectivity index (χ3v) is 8.94. The molecule has 2 atom stereocenters. The maximum absolute atomic E-state index is 15.4. The molecule has 2 aromatic carbocycles. The predicted octanol–water partition coefficient (Wildman–Crippen LogP) is 2.22. The molecule has 0 bridgehead atoms. The van der Waals surface area contributed by atoms with Gasteiger partial charge in [0.15, 0.2) is 4.87 Å². The third-order valence-electron chi connectivity index (χ3n) is 6.89. The van der Waals surface area contributed by atoms with Crippen LogP contribution in [0.5, 0.6) is 11.5 Å². The Hall–Kier alpha value is -2.73. The highest BCUT2D eigenvalue weighted by molar-refractivity contribution is 7.90. The van der Waals surface area contributed by atoms with Crippen molar-refractivity contribution in [2.45, 2.75) is 36.7 Å². The van der Waals surface area contributed by atoms with E-state index in [0.717, 1.165) is 6.42 Å². The second-order valence-corrected chi connectivity index (χ2v) is 11.0. The van der Waals surface area contributed by atoms with E-state index < -0.39 is 32.5 Å². The van der Waals surface area contributed by atoms with Gasteiger partial charge in [0.25, 0.3) is 5.91 Å². The Balaban J connectivity index is 1.86. The molecule has 196 valence electrons. The number of amides is 1. The zero-order valence-electron chi connectivity index (χ0n) is 20.1. The summed E-state index contributed by atoms with van der Waals surface area (Å²) in [5, 5.41) is 16.3. The molecule has 2 aromatic rings. The van der Waals surface area contributed by atoms with Crippen LogP contribution in [-0.4, -0.2) is 58.9 Å². The number of halogens is 1. The Morgan fingerprint density at radius 3 is 2.61 bits per heavy atom. The van der Waals surface area contributed by atoms with Crippen molar-refractivity contribution in [3.63, 3.8) is 0 Å². The minimum Gasteiger partial charge on any atom is -0.507 e. The van der Waals surface area contributed by atoms with Gasteiger partial charge >= 0.3 is 0 Å². The van der Waals surface area contributed by atoms with Crippen molar-refractivity contribution in [2.75, 3.05) is 33.4 Å². The minimum atomic E-state index is -4.43. The number of benzene rings is 2. The number of ether oxygens (including phenoxy) is 2. The molecule has 2 heterocycles. The third kappa shape index (κ3) is 5.06. The summed E-state index contributed by atoms with van der Waals surface area (Å²) < 4.78 is 57.3. The molecule has 2 aliphatic rings. The van der Waals surface area contributed by atoms with Crippen LogP contribution in [0.1, 0.15) is 41.6 Å². The average molecular weight is 522 g/mol. The molecule has 0 aliphatic carbocycles. The Bertz CT molecular complexity index is 1180. The lowest BCUT2D eigenvalue weighted by atomic mass is 9.84. The standard InChI is InChI=1S/C25H32FN3O6S/c1-34-22-10-4-9-21(30)23(22)24(31)29-25(17-11-13-27-14-12-17,19-7-2-3-8-20(19)26)36(32,33)28-16-18-6-5-15-35-18/h2-4,7-10,17-18,27-28,30H,5-6,11-16H2,1H3,(H,29,31). The molecule has 2 unspecified atom stereocenters. The van der Waals surface area contributed by atoms with Gasteiger partial charge in [-0.05, 0) is 57.0 Å². The van der Waals surface area contributed by atoms with Crippen LogP contribution in [0, 0.1) is 11.7 Å². The van der Waals surface area contributed by atoms with Gasteiger partial charge in [-0.2, -0.15) is 0 Å². The Morgan fingerprint density at radius 2 is 1.94 bits per heavy atom. The second-order valence-electron chi connectivity index (χ2n) is 9.04. The molecule has 0 saturated carbocycles. The van der Waals surface area contributed by atoms with Crippen LogP contribution in [0.3, 0.4) is 0 Å². The molecule has 0 spiro atoms. The molecular formula is C25H32FN3O6S. The highest BCUT2D eigenvalue weighted by Crippen LogP contribution is 2.42. The molecule has 0 radical (unpaired) electrons. The van der Waals surface area contributed by atoms with Crippen molar-refractivity contribution >= 4 is 15.9 Å². The van der Waals surface area contributed by atoms with Crippen LogP contribution in [0.25, 0.3) is 0 Å². The smallest absolute Gasteiger partial charge is 0.260 e. The molecule has 4 rings (SSSR count). The van der Waals surface area contributed by atoms with Crippen LogP contribution in [0.15, 0.2) is 42.5 Å². The molecule has 9 nitrogen and oxygen atoms in total. The highest BCUT2D eigenvalue weighted by Gasteiger charge is 2.54. The molecule has 36 heavy (non-hydrogen) atoms. The van der Waals surface area contributed by atoms with E-state index in [0.29, 0.717) is 39.0 Å². The number of hydrogen-bond donors (Lipinski definition) is 4. The number of hydrogen-bond acceptors (Lipinski definition) is 7. The van der Waals surface area contributed by atoms with E-state index >= 15 is 4.39 Å². The van der Waals surface area contributed by atoms with E-state index in [2.05, 4.69) is 15.4 Å². The van der Waals surface area contributed by atoms with Crippen LogP contribution in [0.2, 0.25) is 0 Å². The fourth-order valence-electron chi connectivity index (χ4n) is 5.08. The number of phenolic OH excluding ortho intramolecular Hbond substituents is 1. The highest BCUT2D eigenvalue weighted by atomic mass is 32.2. The average Bonchev–Trinajstić information content (AvgIpc) is 3.40. The first kappa shape index (κ1) is 26.3. The van der Waals surface area contributed by atoms with E-state index in [9.17, 15) is 18.3 Å². The topological polar surface area (TPSA) is 126 Å². The van der Waals surface area contributed by atoms with Crippen LogP contribution < -0.4 is 20.1 Å². The molecule has 4 N–H and O–H groups in total. The van der Waals surface area contributed by atoms with Gasteiger partial charge in [-0.25, -0.2) is 17.5 Å². The first-order chi connectivity index (χ1) is 17.3. The number of carbonyl (C=O) groups is 1. The van der Waals surface area contributed by atoms with Gasteiger partial charge in [-0.1, -0.05) is 24.3 Å². The summed E-state index contributed by atoms with van der Waals surface area (Å²) >= 11 is 0. The fraction of sp³-hybridized carbons (Fsp3) is 0.480. The molecule has 2 fully saturated rings. The molecular weight excluding hydrogens is 489 g/mol. The molecule has 2 saturated heterocycles. The van der Waals surface area contributed by atoms with E-state index in [1.165, 1.54) is 49.6 Å². The zero-order valence-corrected chi connectivity index (χ0v) is 20.9. The lowest BCUT2D eigenvalue weighted by molar-refractivity contribution is 0.0880. The number of sulfonamides is 1. The van der Waals surface area contributed by atoms with E-state index in [-0.39, 0.29) is 35.3 Å². The maximum Gasteiger partial charge on any atom is 0.260 e. The second kappa shape index (κ2) is 11.1. The molecule has 0 aromatic heterocycles. The molecule has 1 amide bonds. The summed E-state index contributed by atoms with van der Waals surface area (Å²) in [6.45, 7) is 1.54. The number of nitrogens with one attached hydrogen (secondary N) is 3. The van der Waals surface area contributed by atoms with Gasteiger partial charge in [0.1, 0.15) is 22.9 Å². The number of aromatic hydroxyl groups is 1. The van der Waals surface area contributed by atoms with Crippen molar-refractivity contribution in [3.8, 4) is 11.5 Å². The summed E-state index contributed by atoms with van der Waals surface area (Å²) in [5.41, 5.74) is -0.400. The summed E-state index contributed by atoms with van der Waals surface area (Å²) in [4.78, 5) is 11.5. The van der Waals surface area contributed by atoms with Crippen LogP contribution >= 0.6 is 0 Å². The predicted molar refractivity (Wildman–Crippen MR) is 132 cm³/mol. The summed E-state index contributed by atoms with van der Waals surface area (Å²) in [7, 11) is -3.10. The Kier molecular flexibility index (Phi) is 8.13. The number of rotatable bonds is 9. The Morgan fingerprint density at radius 1 is 1.19 bits per heavy atom. The first-order valence-electron chi connectivity index (χ1n) is 12.0. The van der Waals surface area contributed by atoms with Crippen LogP contribution in [-0.2, 0) is 19.6 Å². The van der Waals surface area contributed by atoms with Gasteiger partial charge in [0.2, 0.25) is 10.0 Å². The number of phenols is 1. The monoisotopic (exact) mass is 521 g/mol. The Labute approximate surface area is 210 Å². The van der Waals surface area contributed by atoms with Gasteiger partial charge in [-0.15, -0.1) is 0 Å². The lowest BCUT2D eigenvalue weighted by Gasteiger charge is -2.43. The van der Waals surface area contributed by atoms with Crippen molar-refractivity contribution in [2.24, 2.45) is 5.92 Å². The lowest BCUT2D eigenvalue weighted by Crippen LogP contribution is -2.62. The summed E-state index contributed by atoms with van der Waals surface area (Å²) in [5.74, 6) is -2.65.